The Labute approximate surface area is 115 Å². The Hall–Kier alpha value is -2.69. The number of azide groups is 2. The minimum atomic E-state index is -1.77. The highest BCUT2D eigenvalue weighted by Gasteiger charge is 2.53. The number of carbonyl (C=O) groups is 1. The van der Waals surface area contributed by atoms with Gasteiger partial charge in [-0.1, -0.05) is 54.4 Å². The van der Waals surface area contributed by atoms with Gasteiger partial charge in [-0.05, 0) is 16.6 Å². The van der Waals surface area contributed by atoms with Gasteiger partial charge < -0.3 is 4.74 Å². The Kier molecular flexibility index (Phi) is 4.59. The lowest BCUT2D eigenvalue weighted by Crippen LogP contribution is -2.51. The molecule has 0 bridgehead atoms. The first kappa shape index (κ1) is 15.4. The Bertz CT molecular complexity index is 587. The molecular formula is C12H14N6O2. The Morgan fingerprint density at radius 2 is 1.70 bits per heavy atom. The predicted molar refractivity (Wildman–Crippen MR) is 72.5 cm³/mol. The molecule has 0 saturated heterocycles. The van der Waals surface area contributed by atoms with Crippen molar-refractivity contribution >= 4 is 5.97 Å². The van der Waals surface area contributed by atoms with Crippen molar-refractivity contribution in [1.82, 2.24) is 0 Å². The summed E-state index contributed by atoms with van der Waals surface area (Å²) < 4.78 is 4.77. The van der Waals surface area contributed by atoms with Crippen LogP contribution in [0.15, 0.2) is 40.6 Å². The van der Waals surface area contributed by atoms with E-state index in [1.54, 1.807) is 30.3 Å². The largest absolute Gasteiger partial charge is 0.468 e. The molecule has 1 aromatic carbocycles. The highest BCUT2D eigenvalue weighted by molar-refractivity contribution is 5.85. The first-order valence-corrected chi connectivity index (χ1v) is 5.72. The number of ether oxygens (including phenoxy) is 1. The van der Waals surface area contributed by atoms with Gasteiger partial charge in [0.1, 0.15) is 0 Å². The topological polar surface area (TPSA) is 124 Å². The van der Waals surface area contributed by atoms with Gasteiger partial charge in [0, 0.05) is 9.82 Å². The monoisotopic (exact) mass is 274 g/mol. The minimum Gasteiger partial charge on any atom is -0.468 e. The van der Waals surface area contributed by atoms with E-state index in [4.69, 9.17) is 15.8 Å². The van der Waals surface area contributed by atoms with Gasteiger partial charge in [0.25, 0.3) is 0 Å². The van der Waals surface area contributed by atoms with Crippen molar-refractivity contribution in [2.45, 2.75) is 24.9 Å². The zero-order valence-corrected chi connectivity index (χ0v) is 11.4. The molecule has 8 heteroatoms. The number of esters is 1. The van der Waals surface area contributed by atoms with Gasteiger partial charge in [-0.3, -0.25) is 4.79 Å². The van der Waals surface area contributed by atoms with Crippen molar-refractivity contribution in [1.29, 1.82) is 0 Å². The molecule has 0 aliphatic carbocycles. The third kappa shape index (κ3) is 2.38. The van der Waals surface area contributed by atoms with Crippen LogP contribution in [-0.2, 0) is 15.1 Å². The summed E-state index contributed by atoms with van der Waals surface area (Å²) >= 11 is 0. The van der Waals surface area contributed by atoms with Gasteiger partial charge in [0.15, 0.2) is 5.54 Å². The molecule has 20 heavy (non-hydrogen) atoms. The molecule has 0 heterocycles. The quantitative estimate of drug-likeness (QED) is 0.353. The van der Waals surface area contributed by atoms with Crippen LogP contribution in [0.3, 0.4) is 0 Å². The summed E-state index contributed by atoms with van der Waals surface area (Å²) in [6, 6.07) is 8.35. The zero-order chi connectivity index (χ0) is 15.2. The van der Waals surface area contributed by atoms with E-state index >= 15 is 0 Å². The lowest BCUT2D eigenvalue weighted by atomic mass is 9.75. The molecule has 104 valence electrons. The smallest absolute Gasteiger partial charge is 0.323 e. The third-order valence-electron chi connectivity index (χ3n) is 3.05. The fraction of sp³-hybridized carbons (Fsp3) is 0.417. The average Bonchev–Trinajstić information content (AvgIpc) is 2.44. The second-order valence-electron chi connectivity index (χ2n) is 4.51. The molecule has 1 aromatic rings. The number of hydrogen-bond acceptors (Lipinski definition) is 4. The van der Waals surface area contributed by atoms with E-state index in [1.807, 2.05) is 0 Å². The third-order valence-corrected chi connectivity index (χ3v) is 3.05. The fourth-order valence-electron chi connectivity index (χ4n) is 2.02. The molecule has 0 fully saturated rings. The molecular weight excluding hydrogens is 260 g/mol. The highest BCUT2D eigenvalue weighted by atomic mass is 16.5. The first-order chi connectivity index (χ1) is 9.46. The van der Waals surface area contributed by atoms with Crippen LogP contribution in [0.5, 0.6) is 0 Å². The molecule has 8 nitrogen and oxygen atoms in total. The van der Waals surface area contributed by atoms with E-state index in [1.165, 1.54) is 21.0 Å². The summed E-state index contributed by atoms with van der Waals surface area (Å²) in [5.74, 6) is -0.793. The fourth-order valence-corrected chi connectivity index (χ4v) is 2.02. The van der Waals surface area contributed by atoms with Crippen LogP contribution in [0.1, 0.15) is 19.4 Å². The number of hydrogen-bond donors (Lipinski definition) is 0. The van der Waals surface area contributed by atoms with E-state index in [0.29, 0.717) is 5.56 Å². The van der Waals surface area contributed by atoms with Crippen molar-refractivity contribution in [2.75, 3.05) is 7.11 Å². The average molecular weight is 274 g/mol. The molecule has 0 spiro atoms. The molecule has 0 aromatic heterocycles. The van der Waals surface area contributed by atoms with Crippen molar-refractivity contribution in [3.8, 4) is 0 Å². The SMILES string of the molecule is COC(=O)C(N=[N+]=[N-])(c1ccccc1)C(C)(C)N=[N+]=[N-]. The molecule has 0 aliphatic rings. The number of rotatable bonds is 5. The molecule has 0 radical (unpaired) electrons. The maximum absolute atomic E-state index is 12.3. The van der Waals surface area contributed by atoms with Gasteiger partial charge in [-0.25, -0.2) is 0 Å². The second kappa shape index (κ2) is 5.97. The normalized spacial score (nSPS) is 13.3. The summed E-state index contributed by atoms with van der Waals surface area (Å²) in [5, 5.41) is 7.24. The van der Waals surface area contributed by atoms with Crippen LogP contribution in [0.2, 0.25) is 0 Å². The summed E-state index contributed by atoms with van der Waals surface area (Å²) in [7, 11) is 1.18. The van der Waals surface area contributed by atoms with Gasteiger partial charge in [-0.15, -0.1) is 0 Å². The van der Waals surface area contributed by atoms with Crippen molar-refractivity contribution in [2.24, 2.45) is 10.2 Å². The van der Waals surface area contributed by atoms with Crippen molar-refractivity contribution in [3.05, 3.63) is 56.8 Å². The lowest BCUT2D eigenvalue weighted by Gasteiger charge is -2.37. The number of benzene rings is 1. The summed E-state index contributed by atoms with van der Waals surface area (Å²) in [6.45, 7) is 3.01. The number of carbonyl (C=O) groups excluding carboxylic acids is 1. The van der Waals surface area contributed by atoms with Crippen LogP contribution >= 0.6 is 0 Å². The second-order valence-corrected chi connectivity index (χ2v) is 4.51. The maximum Gasteiger partial charge on any atom is 0.323 e. The van der Waals surface area contributed by atoms with Crippen LogP contribution < -0.4 is 0 Å². The predicted octanol–water partition coefficient (Wildman–Crippen LogP) is 3.45. The standard InChI is InChI=1S/C12H14N6O2/c1-11(2,15-17-13)12(16-18-14,10(19)20-3)9-7-5-4-6-8-9/h4-8H,1-3H3. The molecule has 0 amide bonds. The minimum absolute atomic E-state index is 0.391. The molecule has 1 atom stereocenters. The van der Waals surface area contributed by atoms with Crippen molar-refractivity contribution in [3.63, 3.8) is 0 Å². The summed E-state index contributed by atoms with van der Waals surface area (Å²) in [4.78, 5) is 17.8. The summed E-state index contributed by atoms with van der Waals surface area (Å²) in [6.07, 6.45) is 0. The van der Waals surface area contributed by atoms with E-state index < -0.39 is 17.0 Å². The van der Waals surface area contributed by atoms with Gasteiger partial charge in [0.05, 0.1) is 12.6 Å². The van der Waals surface area contributed by atoms with E-state index in [-0.39, 0.29) is 0 Å². The van der Waals surface area contributed by atoms with Crippen molar-refractivity contribution < 1.29 is 9.53 Å². The van der Waals surface area contributed by atoms with Crippen LogP contribution in [0.4, 0.5) is 0 Å². The molecule has 0 saturated carbocycles. The zero-order valence-electron chi connectivity index (χ0n) is 11.4. The number of methoxy groups -OCH3 is 1. The van der Waals surface area contributed by atoms with Crippen LogP contribution in [0.25, 0.3) is 20.9 Å². The Morgan fingerprint density at radius 1 is 1.15 bits per heavy atom. The lowest BCUT2D eigenvalue weighted by molar-refractivity contribution is -0.150. The highest BCUT2D eigenvalue weighted by Crippen LogP contribution is 2.41. The molecule has 1 rings (SSSR count). The number of nitrogens with zero attached hydrogens (tertiary/aromatic N) is 6. The molecule has 0 N–H and O–H groups in total. The van der Waals surface area contributed by atoms with Gasteiger partial charge in [0.2, 0.25) is 0 Å². The Balaban J connectivity index is 3.74. The van der Waals surface area contributed by atoms with Crippen LogP contribution in [-0.4, -0.2) is 18.6 Å². The first-order valence-electron chi connectivity index (χ1n) is 5.72. The van der Waals surface area contributed by atoms with Gasteiger partial charge >= 0.3 is 5.97 Å². The maximum atomic E-state index is 12.3. The summed E-state index contributed by atoms with van der Waals surface area (Å²) in [5.41, 5.74) is 14.8. The Morgan fingerprint density at radius 3 is 2.15 bits per heavy atom. The van der Waals surface area contributed by atoms with E-state index in [0.717, 1.165) is 0 Å². The molecule has 0 aliphatic heterocycles. The molecule has 1 unspecified atom stereocenters. The van der Waals surface area contributed by atoms with E-state index in [9.17, 15) is 4.79 Å². The van der Waals surface area contributed by atoms with Crippen LogP contribution in [0, 0.1) is 0 Å². The van der Waals surface area contributed by atoms with E-state index in [2.05, 4.69) is 20.1 Å². The van der Waals surface area contributed by atoms with Gasteiger partial charge in [-0.2, -0.15) is 0 Å².